The zero-order valence-electron chi connectivity index (χ0n) is 9.69. The van der Waals surface area contributed by atoms with Crippen molar-refractivity contribution in [3.8, 4) is 0 Å². The lowest BCUT2D eigenvalue weighted by atomic mass is 9.90. The molecule has 0 amide bonds. The van der Waals surface area contributed by atoms with Crippen LogP contribution in [0.4, 0.5) is 13.2 Å². The molecule has 0 atom stereocenters. The minimum Gasteiger partial charge on any atom is -0.298 e. The summed E-state index contributed by atoms with van der Waals surface area (Å²) < 4.78 is 37.3. The lowest BCUT2D eigenvalue weighted by Crippen LogP contribution is -2.49. The zero-order valence-corrected chi connectivity index (χ0v) is 9.69. The molecule has 0 spiro atoms. The van der Waals surface area contributed by atoms with Gasteiger partial charge in [0.15, 0.2) is 0 Å². The Morgan fingerprint density at radius 2 is 1.60 bits per heavy atom. The van der Waals surface area contributed by atoms with Crippen molar-refractivity contribution >= 4 is 0 Å². The number of hydrogen-bond acceptors (Lipinski definition) is 1. The van der Waals surface area contributed by atoms with E-state index in [0.717, 1.165) is 6.42 Å². The molecule has 0 radical (unpaired) electrons. The molecule has 1 saturated heterocycles. The lowest BCUT2D eigenvalue weighted by molar-refractivity contribution is -0.187. The lowest BCUT2D eigenvalue weighted by Gasteiger charge is -2.42. The monoisotopic (exact) mass is 223 g/mol. The molecule has 0 aromatic carbocycles. The fraction of sp³-hybridized carbons (Fsp3) is 1.00. The first kappa shape index (κ1) is 12.8. The number of halogens is 3. The number of nitrogens with zero attached hydrogens (tertiary/aromatic N) is 1. The molecule has 1 heterocycles. The normalized spacial score (nSPS) is 22.0. The molecular formula is C11H20F3N. The summed E-state index contributed by atoms with van der Waals surface area (Å²) in [4.78, 5) is 2.18. The maximum absolute atomic E-state index is 12.4. The molecule has 1 fully saturated rings. The van der Waals surface area contributed by atoms with Crippen LogP contribution in [0.5, 0.6) is 0 Å². The number of alkyl halides is 3. The molecule has 1 aliphatic rings. The molecule has 0 bridgehead atoms. The standard InChI is InChI=1S/C11H20F3N/c1-4-10(2,3)15-7-5-9(6-8-15)11(12,13)14/h9H,4-8H2,1-3H3. The largest absolute Gasteiger partial charge is 0.391 e. The first-order valence-corrected chi connectivity index (χ1v) is 5.59. The van der Waals surface area contributed by atoms with E-state index >= 15 is 0 Å². The van der Waals surface area contributed by atoms with E-state index < -0.39 is 12.1 Å². The average Bonchev–Trinajstić information content (AvgIpc) is 2.17. The van der Waals surface area contributed by atoms with Gasteiger partial charge >= 0.3 is 6.18 Å². The highest BCUT2D eigenvalue weighted by Crippen LogP contribution is 2.36. The molecule has 1 aliphatic heterocycles. The molecule has 0 N–H and O–H groups in total. The summed E-state index contributed by atoms with van der Waals surface area (Å²) in [6, 6.07) is 0. The van der Waals surface area contributed by atoms with Crippen LogP contribution in [0, 0.1) is 5.92 Å². The van der Waals surface area contributed by atoms with Gasteiger partial charge in [0.1, 0.15) is 0 Å². The van der Waals surface area contributed by atoms with Gasteiger partial charge in [0.05, 0.1) is 5.92 Å². The van der Waals surface area contributed by atoms with E-state index in [9.17, 15) is 13.2 Å². The third-order valence-corrected chi connectivity index (χ3v) is 3.68. The number of piperidine rings is 1. The molecule has 0 saturated carbocycles. The Morgan fingerprint density at radius 1 is 1.13 bits per heavy atom. The van der Waals surface area contributed by atoms with Gasteiger partial charge < -0.3 is 0 Å². The van der Waals surface area contributed by atoms with Crippen molar-refractivity contribution < 1.29 is 13.2 Å². The van der Waals surface area contributed by atoms with Gasteiger partial charge in [-0.2, -0.15) is 13.2 Å². The predicted molar refractivity (Wildman–Crippen MR) is 54.7 cm³/mol. The van der Waals surface area contributed by atoms with Crippen LogP contribution in [0.15, 0.2) is 0 Å². The maximum Gasteiger partial charge on any atom is 0.391 e. The van der Waals surface area contributed by atoms with Crippen molar-refractivity contribution in [3.63, 3.8) is 0 Å². The molecular weight excluding hydrogens is 203 g/mol. The summed E-state index contributed by atoms with van der Waals surface area (Å²) in [5.41, 5.74) is 0.0383. The van der Waals surface area contributed by atoms with E-state index in [4.69, 9.17) is 0 Å². The number of likely N-dealkylation sites (tertiary alicyclic amines) is 1. The highest BCUT2D eigenvalue weighted by atomic mass is 19.4. The Kier molecular flexibility index (Phi) is 3.69. The Morgan fingerprint density at radius 3 is 1.93 bits per heavy atom. The SMILES string of the molecule is CCC(C)(C)N1CCC(C(F)(F)F)CC1. The number of hydrogen-bond donors (Lipinski definition) is 0. The summed E-state index contributed by atoms with van der Waals surface area (Å²) in [5.74, 6) is -1.08. The predicted octanol–water partition coefficient (Wildman–Crippen LogP) is 3.45. The van der Waals surface area contributed by atoms with Crippen LogP contribution in [-0.4, -0.2) is 29.7 Å². The van der Waals surface area contributed by atoms with Crippen LogP contribution >= 0.6 is 0 Å². The van der Waals surface area contributed by atoms with Gasteiger partial charge in [-0.05, 0) is 46.2 Å². The minimum absolute atomic E-state index is 0.0383. The summed E-state index contributed by atoms with van der Waals surface area (Å²) in [7, 11) is 0. The first-order chi connectivity index (χ1) is 6.77. The summed E-state index contributed by atoms with van der Waals surface area (Å²) in [6.07, 6.45) is -2.51. The zero-order chi connectivity index (χ0) is 11.7. The molecule has 0 aromatic rings. The highest BCUT2D eigenvalue weighted by molar-refractivity contribution is 4.85. The Bertz CT molecular complexity index is 202. The van der Waals surface area contributed by atoms with Crippen molar-refractivity contribution in [3.05, 3.63) is 0 Å². The fourth-order valence-electron chi connectivity index (χ4n) is 2.04. The second-order valence-electron chi connectivity index (χ2n) is 4.97. The maximum atomic E-state index is 12.4. The molecule has 0 unspecified atom stereocenters. The fourth-order valence-corrected chi connectivity index (χ4v) is 2.04. The van der Waals surface area contributed by atoms with Gasteiger partial charge in [0.25, 0.3) is 0 Å². The van der Waals surface area contributed by atoms with Crippen LogP contribution in [-0.2, 0) is 0 Å². The second kappa shape index (κ2) is 4.32. The van der Waals surface area contributed by atoms with Crippen molar-refractivity contribution in [2.24, 2.45) is 5.92 Å². The first-order valence-electron chi connectivity index (χ1n) is 5.59. The van der Waals surface area contributed by atoms with Crippen LogP contribution in [0.25, 0.3) is 0 Å². The molecule has 0 aromatic heterocycles. The number of rotatable bonds is 2. The van der Waals surface area contributed by atoms with Gasteiger partial charge in [0.2, 0.25) is 0 Å². The third-order valence-electron chi connectivity index (χ3n) is 3.68. The molecule has 4 heteroatoms. The average molecular weight is 223 g/mol. The Hall–Kier alpha value is -0.250. The third kappa shape index (κ3) is 3.10. The van der Waals surface area contributed by atoms with E-state index in [1.54, 1.807) is 0 Å². The van der Waals surface area contributed by atoms with Gasteiger partial charge in [-0.25, -0.2) is 0 Å². The summed E-state index contributed by atoms with van der Waals surface area (Å²) in [5, 5.41) is 0. The van der Waals surface area contributed by atoms with Crippen LogP contribution < -0.4 is 0 Å². The summed E-state index contributed by atoms with van der Waals surface area (Å²) in [6.45, 7) is 7.42. The van der Waals surface area contributed by atoms with E-state index in [0.29, 0.717) is 13.1 Å². The van der Waals surface area contributed by atoms with E-state index in [-0.39, 0.29) is 18.4 Å². The van der Waals surface area contributed by atoms with Crippen molar-refractivity contribution in [1.82, 2.24) is 4.90 Å². The minimum atomic E-state index is -4.00. The van der Waals surface area contributed by atoms with Gasteiger partial charge in [-0.1, -0.05) is 6.92 Å². The van der Waals surface area contributed by atoms with Crippen molar-refractivity contribution in [2.45, 2.75) is 51.7 Å². The Labute approximate surface area is 89.6 Å². The van der Waals surface area contributed by atoms with Gasteiger partial charge in [-0.15, -0.1) is 0 Å². The van der Waals surface area contributed by atoms with Gasteiger partial charge in [0, 0.05) is 5.54 Å². The Balaban J connectivity index is 2.50. The summed E-state index contributed by atoms with van der Waals surface area (Å²) >= 11 is 0. The van der Waals surface area contributed by atoms with Gasteiger partial charge in [-0.3, -0.25) is 4.90 Å². The smallest absolute Gasteiger partial charge is 0.298 e. The topological polar surface area (TPSA) is 3.24 Å². The van der Waals surface area contributed by atoms with E-state index in [1.165, 1.54) is 0 Å². The molecule has 1 rings (SSSR count). The van der Waals surface area contributed by atoms with Crippen LogP contribution in [0.2, 0.25) is 0 Å². The second-order valence-corrected chi connectivity index (χ2v) is 4.97. The molecule has 1 nitrogen and oxygen atoms in total. The quantitative estimate of drug-likeness (QED) is 0.693. The molecule has 15 heavy (non-hydrogen) atoms. The van der Waals surface area contributed by atoms with E-state index in [2.05, 4.69) is 25.7 Å². The highest BCUT2D eigenvalue weighted by Gasteiger charge is 2.42. The van der Waals surface area contributed by atoms with Crippen molar-refractivity contribution in [2.75, 3.05) is 13.1 Å². The molecule has 0 aliphatic carbocycles. The molecule has 90 valence electrons. The van der Waals surface area contributed by atoms with Crippen LogP contribution in [0.3, 0.4) is 0 Å². The van der Waals surface area contributed by atoms with Crippen LogP contribution in [0.1, 0.15) is 40.0 Å². The van der Waals surface area contributed by atoms with E-state index in [1.807, 2.05) is 0 Å². The van der Waals surface area contributed by atoms with Crippen molar-refractivity contribution in [1.29, 1.82) is 0 Å².